The lowest BCUT2D eigenvalue weighted by Crippen LogP contribution is -2.09. The highest BCUT2D eigenvalue weighted by molar-refractivity contribution is 7.90. The molecule has 1 aromatic carbocycles. The molecule has 0 saturated carbocycles. The number of ether oxygens (including phenoxy) is 1. The zero-order valence-electron chi connectivity index (χ0n) is 10.9. The first-order chi connectivity index (χ1) is 8.42. The molecule has 0 unspecified atom stereocenters. The maximum Gasteiger partial charge on any atom is 0.147 e. The van der Waals surface area contributed by atoms with E-state index in [2.05, 4.69) is 0 Å². The molecule has 0 amide bonds. The zero-order valence-corrected chi connectivity index (χ0v) is 11.7. The second-order valence-corrected chi connectivity index (χ2v) is 6.68. The number of hydrogen-bond donors (Lipinski definition) is 1. The monoisotopic (exact) mass is 271 g/mol. The van der Waals surface area contributed by atoms with Gasteiger partial charge in [-0.25, -0.2) is 8.42 Å². The zero-order chi connectivity index (χ0) is 13.6. The molecule has 5 heteroatoms. The first kappa shape index (κ1) is 15.0. The summed E-state index contributed by atoms with van der Waals surface area (Å²) >= 11 is 0. The Bertz CT molecular complexity index is 454. The highest BCUT2D eigenvalue weighted by atomic mass is 32.2. The Hall–Kier alpha value is -1.07. The van der Waals surface area contributed by atoms with E-state index < -0.39 is 9.84 Å². The third kappa shape index (κ3) is 5.51. The molecule has 102 valence electrons. The Labute approximate surface area is 109 Å². The largest absolute Gasteiger partial charge is 0.494 e. The normalized spacial score (nSPS) is 13.3. The fourth-order valence-electron chi connectivity index (χ4n) is 1.56. The number of sulfone groups is 1. The van der Waals surface area contributed by atoms with Crippen molar-refractivity contribution in [3.05, 3.63) is 29.8 Å². The van der Waals surface area contributed by atoms with Gasteiger partial charge in [-0.2, -0.15) is 0 Å². The molecule has 0 aliphatic heterocycles. The fourth-order valence-corrected chi connectivity index (χ4v) is 2.20. The van der Waals surface area contributed by atoms with E-state index in [-0.39, 0.29) is 11.8 Å². The van der Waals surface area contributed by atoms with Crippen LogP contribution in [0.25, 0.3) is 0 Å². The van der Waals surface area contributed by atoms with Crippen LogP contribution >= 0.6 is 0 Å². The van der Waals surface area contributed by atoms with Crippen molar-refractivity contribution in [2.24, 2.45) is 5.73 Å². The van der Waals surface area contributed by atoms with E-state index in [4.69, 9.17) is 10.5 Å². The molecule has 18 heavy (non-hydrogen) atoms. The molecular formula is C13H21NO3S. The molecule has 1 aromatic rings. The predicted octanol–water partition coefficient (Wildman–Crippen LogP) is 1.91. The summed E-state index contributed by atoms with van der Waals surface area (Å²) in [5.74, 6) is 0.904. The molecule has 4 nitrogen and oxygen atoms in total. The van der Waals surface area contributed by atoms with Crippen molar-refractivity contribution >= 4 is 9.84 Å². The molecule has 0 aromatic heterocycles. The number of benzene rings is 1. The molecule has 0 aliphatic carbocycles. The second kappa shape index (κ2) is 6.75. The average Bonchev–Trinajstić information content (AvgIpc) is 2.33. The van der Waals surface area contributed by atoms with Crippen molar-refractivity contribution in [3.8, 4) is 5.75 Å². The Balaban J connectivity index is 2.40. The van der Waals surface area contributed by atoms with Gasteiger partial charge in [0.25, 0.3) is 0 Å². The van der Waals surface area contributed by atoms with Gasteiger partial charge in [-0.05, 0) is 30.5 Å². The highest BCUT2D eigenvalue weighted by Gasteiger charge is 2.04. The minimum absolute atomic E-state index is 0.0595. The summed E-state index contributed by atoms with van der Waals surface area (Å²) in [6.45, 7) is 2.45. The second-order valence-electron chi connectivity index (χ2n) is 4.42. The van der Waals surface area contributed by atoms with Crippen LogP contribution in [-0.2, 0) is 9.84 Å². The molecular weight excluding hydrogens is 250 g/mol. The Kier molecular flexibility index (Phi) is 5.62. The van der Waals surface area contributed by atoms with Gasteiger partial charge in [0.1, 0.15) is 15.6 Å². The molecule has 0 spiro atoms. The summed E-state index contributed by atoms with van der Waals surface area (Å²) in [4.78, 5) is 0. The summed E-state index contributed by atoms with van der Waals surface area (Å²) in [5, 5.41) is 0. The molecule has 0 heterocycles. The van der Waals surface area contributed by atoms with Gasteiger partial charge in [0.2, 0.25) is 0 Å². The quantitative estimate of drug-likeness (QED) is 0.769. The lowest BCUT2D eigenvalue weighted by molar-refractivity contribution is 0.317. The summed E-state index contributed by atoms with van der Waals surface area (Å²) in [6, 6.07) is 7.68. The third-order valence-corrected chi connectivity index (χ3v) is 3.71. The van der Waals surface area contributed by atoms with Crippen molar-refractivity contribution in [1.29, 1.82) is 0 Å². The highest BCUT2D eigenvalue weighted by Crippen LogP contribution is 2.18. The van der Waals surface area contributed by atoms with Crippen LogP contribution in [0.3, 0.4) is 0 Å². The minimum atomic E-state index is -2.90. The van der Waals surface area contributed by atoms with E-state index in [0.717, 1.165) is 17.7 Å². The predicted molar refractivity (Wildman–Crippen MR) is 73.5 cm³/mol. The van der Waals surface area contributed by atoms with Crippen molar-refractivity contribution in [2.45, 2.75) is 25.8 Å². The van der Waals surface area contributed by atoms with Crippen molar-refractivity contribution in [3.63, 3.8) is 0 Å². The van der Waals surface area contributed by atoms with Crippen molar-refractivity contribution in [1.82, 2.24) is 0 Å². The van der Waals surface area contributed by atoms with Gasteiger partial charge >= 0.3 is 0 Å². The van der Waals surface area contributed by atoms with Gasteiger partial charge in [-0.15, -0.1) is 0 Å². The summed E-state index contributed by atoms with van der Waals surface area (Å²) in [7, 11) is -2.90. The Morgan fingerprint density at radius 2 is 1.89 bits per heavy atom. The van der Waals surface area contributed by atoms with E-state index in [9.17, 15) is 8.42 Å². The van der Waals surface area contributed by atoms with Crippen molar-refractivity contribution in [2.75, 3.05) is 18.6 Å². The number of nitrogens with two attached hydrogens (primary N) is 1. The standard InChI is InChI=1S/C13H21NO3S/c1-3-13(14)11-5-7-12(8-6-11)17-9-4-10-18(2,15)16/h5-8,13H,3-4,9-10,14H2,1-2H3/t13-/m0/s1. The number of rotatable bonds is 7. The molecule has 1 atom stereocenters. The van der Waals surface area contributed by atoms with Gasteiger partial charge in [-0.3, -0.25) is 0 Å². The maximum atomic E-state index is 10.9. The van der Waals surface area contributed by atoms with Crippen molar-refractivity contribution < 1.29 is 13.2 Å². The van der Waals surface area contributed by atoms with Gasteiger partial charge in [0.05, 0.1) is 12.4 Å². The fraction of sp³-hybridized carbons (Fsp3) is 0.538. The van der Waals surface area contributed by atoms with Crippen LogP contribution in [0.15, 0.2) is 24.3 Å². The van der Waals surface area contributed by atoms with Gasteiger partial charge in [0.15, 0.2) is 0 Å². The van der Waals surface area contributed by atoms with E-state index in [0.29, 0.717) is 13.0 Å². The van der Waals surface area contributed by atoms with Crippen LogP contribution in [-0.4, -0.2) is 27.0 Å². The van der Waals surface area contributed by atoms with Gasteiger partial charge in [0, 0.05) is 12.3 Å². The summed E-state index contributed by atoms with van der Waals surface area (Å²) in [5.41, 5.74) is 6.99. The van der Waals surface area contributed by atoms with Gasteiger partial charge < -0.3 is 10.5 Å². The van der Waals surface area contributed by atoms with Gasteiger partial charge in [-0.1, -0.05) is 19.1 Å². The Morgan fingerprint density at radius 3 is 2.39 bits per heavy atom. The molecule has 0 fully saturated rings. The molecule has 2 N–H and O–H groups in total. The van der Waals surface area contributed by atoms with Crippen LogP contribution in [0.2, 0.25) is 0 Å². The SMILES string of the molecule is CC[C@H](N)c1ccc(OCCCS(C)(=O)=O)cc1. The van der Waals surface area contributed by atoms with Crippen LogP contribution in [0.1, 0.15) is 31.4 Å². The molecule has 0 radical (unpaired) electrons. The lowest BCUT2D eigenvalue weighted by Gasteiger charge is -2.10. The minimum Gasteiger partial charge on any atom is -0.494 e. The van der Waals surface area contributed by atoms with E-state index in [1.807, 2.05) is 31.2 Å². The molecule has 0 aliphatic rings. The smallest absolute Gasteiger partial charge is 0.147 e. The maximum absolute atomic E-state index is 10.9. The number of hydrogen-bond acceptors (Lipinski definition) is 4. The average molecular weight is 271 g/mol. The summed E-state index contributed by atoms with van der Waals surface area (Å²) in [6.07, 6.45) is 2.64. The topological polar surface area (TPSA) is 69.4 Å². The van der Waals surface area contributed by atoms with Crippen LogP contribution in [0.4, 0.5) is 0 Å². The van der Waals surface area contributed by atoms with E-state index in [1.54, 1.807) is 0 Å². The Morgan fingerprint density at radius 1 is 1.28 bits per heavy atom. The lowest BCUT2D eigenvalue weighted by atomic mass is 10.1. The van der Waals surface area contributed by atoms with Crippen LogP contribution in [0, 0.1) is 0 Å². The van der Waals surface area contributed by atoms with E-state index >= 15 is 0 Å². The first-order valence-corrected chi connectivity index (χ1v) is 8.14. The molecule has 1 rings (SSSR count). The molecule has 0 saturated heterocycles. The van der Waals surface area contributed by atoms with Crippen LogP contribution < -0.4 is 10.5 Å². The van der Waals surface area contributed by atoms with Crippen LogP contribution in [0.5, 0.6) is 5.75 Å². The van der Waals surface area contributed by atoms with E-state index in [1.165, 1.54) is 6.26 Å². The molecule has 0 bridgehead atoms. The third-order valence-electron chi connectivity index (χ3n) is 2.68. The summed E-state index contributed by atoms with van der Waals surface area (Å²) < 4.78 is 27.3. The first-order valence-electron chi connectivity index (χ1n) is 6.08.